The molecule has 31 heavy (non-hydrogen) atoms. The molecule has 5 nitrogen and oxygen atoms in total. The summed E-state index contributed by atoms with van der Waals surface area (Å²) in [6.07, 6.45) is 6.90. The molecular weight excluding hydrogens is 411 g/mol. The van der Waals surface area contributed by atoms with Crippen molar-refractivity contribution in [2.45, 2.75) is 13.5 Å². The Morgan fingerprint density at radius 3 is 2.58 bits per heavy atom. The molecule has 1 amide bonds. The Morgan fingerprint density at radius 1 is 1.03 bits per heavy atom. The van der Waals surface area contributed by atoms with Crippen molar-refractivity contribution in [3.05, 3.63) is 100 Å². The predicted molar refractivity (Wildman–Crippen MR) is 121 cm³/mol. The molecule has 0 fully saturated rings. The van der Waals surface area contributed by atoms with Gasteiger partial charge in [0, 0.05) is 6.54 Å². The number of hydrogen-bond acceptors (Lipinski definition) is 5. The van der Waals surface area contributed by atoms with E-state index in [1.807, 2.05) is 43.3 Å². The highest BCUT2D eigenvalue weighted by molar-refractivity contribution is 7.17. The van der Waals surface area contributed by atoms with Gasteiger partial charge in [-0.3, -0.25) is 9.78 Å². The lowest BCUT2D eigenvalue weighted by molar-refractivity contribution is 0.0954. The summed E-state index contributed by atoms with van der Waals surface area (Å²) >= 11 is 1.29. The number of thiazole rings is 1. The van der Waals surface area contributed by atoms with Crippen LogP contribution in [0.15, 0.2) is 67.0 Å². The van der Waals surface area contributed by atoms with Crippen LogP contribution in [0.1, 0.15) is 32.2 Å². The molecule has 2 heterocycles. The van der Waals surface area contributed by atoms with Crippen molar-refractivity contribution in [2.75, 3.05) is 0 Å². The molecule has 0 bridgehead atoms. The third-order valence-electron chi connectivity index (χ3n) is 4.49. The zero-order valence-corrected chi connectivity index (χ0v) is 17.6. The van der Waals surface area contributed by atoms with Crippen LogP contribution in [-0.2, 0) is 6.54 Å². The maximum Gasteiger partial charge on any atom is 0.263 e. The quantitative estimate of drug-likeness (QED) is 0.459. The van der Waals surface area contributed by atoms with Gasteiger partial charge in [0.15, 0.2) is 0 Å². The zero-order valence-electron chi connectivity index (χ0n) is 16.7. The molecule has 0 atom stereocenters. The Morgan fingerprint density at radius 2 is 1.81 bits per heavy atom. The summed E-state index contributed by atoms with van der Waals surface area (Å²) in [6, 6.07) is 15.9. The van der Waals surface area contributed by atoms with E-state index < -0.39 is 0 Å². The normalized spacial score (nSPS) is 11.0. The first-order valence-electron chi connectivity index (χ1n) is 9.64. The van der Waals surface area contributed by atoms with Gasteiger partial charge in [0.1, 0.15) is 21.4 Å². The summed E-state index contributed by atoms with van der Waals surface area (Å²) in [5.41, 5.74) is 3.78. The van der Waals surface area contributed by atoms with E-state index in [2.05, 4.69) is 20.3 Å². The minimum atomic E-state index is -0.276. The monoisotopic (exact) mass is 430 g/mol. The van der Waals surface area contributed by atoms with Crippen LogP contribution in [-0.4, -0.2) is 20.9 Å². The molecule has 0 unspecified atom stereocenters. The van der Waals surface area contributed by atoms with Crippen molar-refractivity contribution in [1.82, 2.24) is 20.3 Å². The van der Waals surface area contributed by atoms with Crippen molar-refractivity contribution in [3.8, 4) is 10.7 Å². The molecule has 154 valence electrons. The van der Waals surface area contributed by atoms with E-state index in [1.54, 1.807) is 30.6 Å². The largest absolute Gasteiger partial charge is 0.347 e. The number of carbonyl (C=O) groups excluding carboxylic acids is 1. The molecule has 0 aliphatic carbocycles. The number of aromatic nitrogens is 3. The molecule has 0 saturated carbocycles. The van der Waals surface area contributed by atoms with E-state index in [0.29, 0.717) is 33.5 Å². The van der Waals surface area contributed by atoms with Crippen molar-refractivity contribution in [3.63, 3.8) is 0 Å². The number of benzene rings is 2. The van der Waals surface area contributed by atoms with Crippen molar-refractivity contribution in [1.29, 1.82) is 0 Å². The van der Waals surface area contributed by atoms with Crippen LogP contribution in [0.3, 0.4) is 0 Å². The molecule has 2 aromatic carbocycles. The SMILES string of the molecule is Cc1nc(-c2cncc(/C=C/c3ccc(F)cc3)n2)sc1C(=O)NCc1ccccc1. The molecule has 0 spiro atoms. The zero-order chi connectivity index (χ0) is 21.6. The van der Waals surface area contributed by atoms with Gasteiger partial charge >= 0.3 is 0 Å². The molecule has 1 N–H and O–H groups in total. The Kier molecular flexibility index (Phi) is 6.24. The van der Waals surface area contributed by atoms with Crippen molar-refractivity contribution < 1.29 is 9.18 Å². The standard InChI is InChI=1S/C24H19FN4OS/c1-16-22(23(30)27-13-18-5-3-2-4-6-18)31-24(28-16)21-15-26-14-20(29-21)12-9-17-7-10-19(25)11-8-17/h2-12,14-15H,13H2,1H3,(H,27,30)/b12-9+. The van der Waals surface area contributed by atoms with E-state index in [-0.39, 0.29) is 11.7 Å². The molecule has 0 saturated heterocycles. The van der Waals surface area contributed by atoms with Gasteiger partial charge in [0.2, 0.25) is 0 Å². The molecule has 0 aliphatic rings. The minimum Gasteiger partial charge on any atom is -0.347 e. The molecule has 0 radical (unpaired) electrons. The highest BCUT2D eigenvalue weighted by Gasteiger charge is 2.17. The molecule has 4 aromatic rings. The van der Waals surface area contributed by atoms with Crippen LogP contribution in [0.4, 0.5) is 4.39 Å². The lowest BCUT2D eigenvalue weighted by atomic mass is 10.2. The summed E-state index contributed by atoms with van der Waals surface area (Å²) < 4.78 is 13.0. The fourth-order valence-electron chi connectivity index (χ4n) is 2.90. The maximum absolute atomic E-state index is 13.0. The van der Waals surface area contributed by atoms with Crippen LogP contribution < -0.4 is 5.32 Å². The number of hydrogen-bond donors (Lipinski definition) is 1. The first kappa shape index (κ1) is 20.6. The van der Waals surface area contributed by atoms with Crippen LogP contribution in [0.2, 0.25) is 0 Å². The Balaban J connectivity index is 1.49. The topological polar surface area (TPSA) is 67.8 Å². The number of carbonyl (C=O) groups is 1. The Bertz CT molecular complexity index is 1220. The van der Waals surface area contributed by atoms with Crippen molar-refractivity contribution >= 4 is 29.4 Å². The fourth-order valence-corrected chi connectivity index (χ4v) is 3.83. The van der Waals surface area contributed by atoms with Gasteiger partial charge in [-0.25, -0.2) is 14.4 Å². The lowest BCUT2D eigenvalue weighted by Gasteiger charge is -2.03. The highest BCUT2D eigenvalue weighted by Crippen LogP contribution is 2.26. The first-order chi connectivity index (χ1) is 15.1. The van der Waals surface area contributed by atoms with Crippen LogP contribution in [0.25, 0.3) is 22.9 Å². The van der Waals surface area contributed by atoms with Gasteiger partial charge in [0.05, 0.1) is 23.8 Å². The number of nitrogens with zero attached hydrogens (tertiary/aromatic N) is 3. The molecule has 4 rings (SSSR count). The number of aryl methyl sites for hydroxylation is 1. The van der Waals surface area contributed by atoms with Crippen LogP contribution in [0, 0.1) is 12.7 Å². The van der Waals surface area contributed by atoms with Gasteiger partial charge in [-0.05, 0) is 36.3 Å². The summed E-state index contributed by atoms with van der Waals surface area (Å²) in [5.74, 6) is -0.438. The van der Waals surface area contributed by atoms with E-state index in [1.165, 1.54) is 23.5 Å². The smallest absolute Gasteiger partial charge is 0.263 e. The summed E-state index contributed by atoms with van der Waals surface area (Å²) in [5, 5.41) is 3.56. The van der Waals surface area contributed by atoms with Crippen molar-refractivity contribution in [2.24, 2.45) is 0 Å². The van der Waals surface area contributed by atoms with Gasteiger partial charge in [-0.2, -0.15) is 0 Å². The Labute approximate surface area is 183 Å². The molecule has 2 aromatic heterocycles. The number of nitrogens with one attached hydrogen (secondary N) is 1. The predicted octanol–water partition coefficient (Wildman–Crippen LogP) is 5.15. The number of amides is 1. The van der Waals surface area contributed by atoms with Crippen LogP contribution >= 0.6 is 11.3 Å². The summed E-state index contributed by atoms with van der Waals surface area (Å²) in [6.45, 7) is 2.26. The molecular formula is C24H19FN4OS. The van der Waals surface area contributed by atoms with Gasteiger partial charge in [0.25, 0.3) is 5.91 Å². The lowest BCUT2D eigenvalue weighted by Crippen LogP contribution is -2.22. The molecule has 7 heteroatoms. The van der Waals surface area contributed by atoms with E-state index in [9.17, 15) is 9.18 Å². The minimum absolute atomic E-state index is 0.162. The number of rotatable bonds is 6. The van der Waals surface area contributed by atoms with Gasteiger partial charge in [-0.15, -0.1) is 11.3 Å². The number of halogens is 1. The fraction of sp³-hybridized carbons (Fsp3) is 0.0833. The molecule has 0 aliphatic heterocycles. The first-order valence-corrected chi connectivity index (χ1v) is 10.5. The van der Waals surface area contributed by atoms with E-state index >= 15 is 0 Å². The van der Waals surface area contributed by atoms with Gasteiger partial charge in [-0.1, -0.05) is 48.5 Å². The second-order valence-electron chi connectivity index (χ2n) is 6.82. The van der Waals surface area contributed by atoms with Crippen LogP contribution in [0.5, 0.6) is 0 Å². The summed E-state index contributed by atoms with van der Waals surface area (Å²) in [4.78, 5) is 26.5. The maximum atomic E-state index is 13.0. The average Bonchev–Trinajstić information content (AvgIpc) is 3.20. The average molecular weight is 431 g/mol. The van der Waals surface area contributed by atoms with E-state index in [4.69, 9.17) is 0 Å². The van der Waals surface area contributed by atoms with E-state index in [0.717, 1.165) is 11.1 Å². The van der Waals surface area contributed by atoms with Gasteiger partial charge < -0.3 is 5.32 Å². The highest BCUT2D eigenvalue weighted by atomic mass is 32.1. The Hall–Kier alpha value is -3.71. The third kappa shape index (κ3) is 5.26. The third-order valence-corrected chi connectivity index (χ3v) is 5.67. The second kappa shape index (κ2) is 9.40. The summed E-state index contributed by atoms with van der Waals surface area (Å²) in [7, 11) is 0. The second-order valence-corrected chi connectivity index (χ2v) is 7.81.